The van der Waals surface area contributed by atoms with Gasteiger partial charge in [0.25, 0.3) is 11.5 Å². The zero-order valence-electron chi connectivity index (χ0n) is 15.2. The Morgan fingerprint density at radius 2 is 1.65 bits per heavy atom. The lowest BCUT2D eigenvalue weighted by molar-refractivity contribution is 0.0987. The summed E-state index contributed by atoms with van der Waals surface area (Å²) in [5.41, 5.74) is 0.950. The molecule has 1 heterocycles. The molecular formula is C21H23N3O2. The maximum absolute atomic E-state index is 13.1. The minimum absolute atomic E-state index is 0.143. The zero-order valence-corrected chi connectivity index (χ0v) is 15.2. The molecule has 2 aromatic carbocycles. The third-order valence-electron chi connectivity index (χ3n) is 4.49. The van der Waals surface area contributed by atoms with E-state index in [1.165, 1.54) is 4.68 Å². The number of hydrogen-bond acceptors (Lipinski definition) is 3. The minimum atomic E-state index is -0.225. The van der Waals surface area contributed by atoms with Crippen molar-refractivity contribution >= 4 is 22.4 Å². The highest BCUT2D eigenvalue weighted by Gasteiger charge is 2.20. The first-order chi connectivity index (χ1) is 12.6. The predicted octanol–water partition coefficient (Wildman–Crippen LogP) is 3.86. The average Bonchev–Trinajstić information content (AvgIpc) is 2.69. The molecule has 0 N–H and O–H groups in total. The Bertz CT molecular complexity index is 964. The Labute approximate surface area is 152 Å². The fourth-order valence-corrected chi connectivity index (χ4v) is 2.98. The van der Waals surface area contributed by atoms with Crippen molar-refractivity contribution in [2.75, 3.05) is 11.9 Å². The summed E-state index contributed by atoms with van der Waals surface area (Å²) in [6.07, 6.45) is 2.95. The molecule has 1 amide bonds. The smallest absolute Gasteiger partial charge is 0.279 e. The van der Waals surface area contributed by atoms with Crippen LogP contribution < -0.4 is 10.5 Å². The molecule has 134 valence electrons. The molecule has 5 heteroatoms. The van der Waals surface area contributed by atoms with E-state index in [1.807, 2.05) is 42.5 Å². The van der Waals surface area contributed by atoms with E-state index in [-0.39, 0.29) is 11.5 Å². The van der Waals surface area contributed by atoms with Crippen molar-refractivity contribution in [1.29, 1.82) is 0 Å². The molecule has 0 unspecified atom stereocenters. The number of para-hydroxylation sites is 1. The summed E-state index contributed by atoms with van der Waals surface area (Å²) in [5.74, 6) is -0.225. The first-order valence-corrected chi connectivity index (χ1v) is 8.96. The number of amides is 1. The van der Waals surface area contributed by atoms with Crippen molar-refractivity contribution in [2.45, 2.75) is 32.7 Å². The van der Waals surface area contributed by atoms with Gasteiger partial charge in [0.15, 0.2) is 5.69 Å². The lowest BCUT2D eigenvalue weighted by Crippen LogP contribution is -2.32. The largest absolute Gasteiger partial charge is 0.310 e. The van der Waals surface area contributed by atoms with Crippen molar-refractivity contribution in [1.82, 2.24) is 9.78 Å². The van der Waals surface area contributed by atoms with E-state index >= 15 is 0 Å². The third kappa shape index (κ3) is 3.52. The highest BCUT2D eigenvalue weighted by Crippen LogP contribution is 2.19. The fraction of sp³-hybridized carbons (Fsp3) is 0.286. The Kier molecular flexibility index (Phi) is 5.46. The number of carbonyl (C=O) groups is 1. The van der Waals surface area contributed by atoms with E-state index < -0.39 is 0 Å². The standard InChI is InChI=1S/C21H23N3O2/c1-3-4-10-15-24-20(25)18-14-9-8-13-17(18)19(22-24)21(26)23(2)16-11-6-5-7-12-16/h5-9,11-14H,3-4,10,15H2,1-2H3. The van der Waals surface area contributed by atoms with Gasteiger partial charge in [-0.25, -0.2) is 4.68 Å². The second-order valence-corrected chi connectivity index (χ2v) is 6.33. The highest BCUT2D eigenvalue weighted by atomic mass is 16.2. The quantitative estimate of drug-likeness (QED) is 0.635. The minimum Gasteiger partial charge on any atom is -0.310 e. The second kappa shape index (κ2) is 7.95. The van der Waals surface area contributed by atoms with Crippen LogP contribution in [-0.2, 0) is 6.54 Å². The van der Waals surface area contributed by atoms with Crippen LogP contribution in [0.15, 0.2) is 59.4 Å². The fourth-order valence-electron chi connectivity index (χ4n) is 2.98. The molecule has 0 fully saturated rings. The molecule has 0 saturated heterocycles. The summed E-state index contributed by atoms with van der Waals surface area (Å²) in [4.78, 5) is 27.4. The number of rotatable bonds is 6. The Balaban J connectivity index is 2.07. The second-order valence-electron chi connectivity index (χ2n) is 6.33. The summed E-state index contributed by atoms with van der Waals surface area (Å²) in [6, 6.07) is 16.6. The molecular weight excluding hydrogens is 326 g/mol. The summed E-state index contributed by atoms with van der Waals surface area (Å²) < 4.78 is 1.43. The van der Waals surface area contributed by atoms with E-state index in [9.17, 15) is 9.59 Å². The summed E-state index contributed by atoms with van der Waals surface area (Å²) in [6.45, 7) is 2.63. The number of fused-ring (bicyclic) bond motifs is 1. The number of hydrogen-bond donors (Lipinski definition) is 0. The molecule has 0 atom stereocenters. The van der Waals surface area contributed by atoms with Crippen LogP contribution in [0.25, 0.3) is 10.8 Å². The Morgan fingerprint density at radius 3 is 2.35 bits per heavy atom. The average molecular weight is 349 g/mol. The zero-order chi connectivity index (χ0) is 18.5. The molecule has 0 radical (unpaired) electrons. The molecule has 0 saturated carbocycles. The van der Waals surface area contributed by atoms with Crippen molar-refractivity contribution in [2.24, 2.45) is 0 Å². The van der Waals surface area contributed by atoms with Crippen LogP contribution in [0.5, 0.6) is 0 Å². The van der Waals surface area contributed by atoms with E-state index in [1.54, 1.807) is 24.1 Å². The number of unbranched alkanes of at least 4 members (excludes halogenated alkanes) is 2. The number of benzene rings is 2. The summed E-state index contributed by atoms with van der Waals surface area (Å²) >= 11 is 0. The van der Waals surface area contributed by atoms with Crippen LogP contribution in [0.4, 0.5) is 5.69 Å². The van der Waals surface area contributed by atoms with Crippen LogP contribution in [0.1, 0.15) is 36.7 Å². The van der Waals surface area contributed by atoms with Crippen LogP contribution >= 0.6 is 0 Å². The van der Waals surface area contributed by atoms with Gasteiger partial charge in [0, 0.05) is 24.7 Å². The van der Waals surface area contributed by atoms with Gasteiger partial charge in [-0.15, -0.1) is 0 Å². The first-order valence-electron chi connectivity index (χ1n) is 8.96. The van der Waals surface area contributed by atoms with Gasteiger partial charge in [0.05, 0.1) is 5.39 Å². The van der Waals surface area contributed by atoms with E-state index in [0.717, 1.165) is 24.9 Å². The lowest BCUT2D eigenvalue weighted by atomic mass is 10.1. The number of carbonyl (C=O) groups excluding carboxylic acids is 1. The molecule has 3 aromatic rings. The molecule has 1 aromatic heterocycles. The number of nitrogens with zero attached hydrogens (tertiary/aromatic N) is 3. The predicted molar refractivity (Wildman–Crippen MR) is 105 cm³/mol. The van der Waals surface area contributed by atoms with Gasteiger partial charge in [0.1, 0.15) is 0 Å². The molecule has 0 aliphatic carbocycles. The molecule has 26 heavy (non-hydrogen) atoms. The number of aryl methyl sites for hydroxylation is 1. The molecule has 0 aliphatic rings. The van der Waals surface area contributed by atoms with E-state index in [0.29, 0.717) is 23.0 Å². The maximum Gasteiger partial charge on any atom is 0.279 e. The van der Waals surface area contributed by atoms with Gasteiger partial charge in [-0.1, -0.05) is 56.2 Å². The van der Waals surface area contributed by atoms with Crippen molar-refractivity contribution in [3.05, 3.63) is 70.6 Å². The van der Waals surface area contributed by atoms with Gasteiger partial charge in [-0.05, 0) is 24.6 Å². The first kappa shape index (κ1) is 17.9. The van der Waals surface area contributed by atoms with Gasteiger partial charge in [-0.2, -0.15) is 5.10 Å². The van der Waals surface area contributed by atoms with Crippen molar-refractivity contribution < 1.29 is 4.79 Å². The van der Waals surface area contributed by atoms with Crippen LogP contribution in [0.2, 0.25) is 0 Å². The Morgan fingerprint density at radius 1 is 1.00 bits per heavy atom. The van der Waals surface area contributed by atoms with Gasteiger partial charge in [0.2, 0.25) is 0 Å². The summed E-state index contributed by atoms with van der Waals surface area (Å²) in [5, 5.41) is 5.56. The maximum atomic E-state index is 13.1. The lowest BCUT2D eigenvalue weighted by Gasteiger charge is -2.18. The van der Waals surface area contributed by atoms with E-state index in [4.69, 9.17) is 0 Å². The summed E-state index contributed by atoms with van der Waals surface area (Å²) in [7, 11) is 1.72. The molecule has 0 aliphatic heterocycles. The third-order valence-corrected chi connectivity index (χ3v) is 4.49. The van der Waals surface area contributed by atoms with Crippen LogP contribution in [0, 0.1) is 0 Å². The van der Waals surface area contributed by atoms with Crippen molar-refractivity contribution in [3.8, 4) is 0 Å². The highest BCUT2D eigenvalue weighted by molar-refractivity contribution is 6.12. The number of aromatic nitrogens is 2. The van der Waals surface area contributed by atoms with Crippen LogP contribution in [-0.4, -0.2) is 22.7 Å². The SMILES string of the molecule is CCCCCn1nc(C(=O)N(C)c2ccccc2)c2ccccc2c1=O. The molecule has 3 rings (SSSR count). The van der Waals surface area contributed by atoms with Crippen molar-refractivity contribution in [3.63, 3.8) is 0 Å². The van der Waals surface area contributed by atoms with Crippen LogP contribution in [0.3, 0.4) is 0 Å². The monoisotopic (exact) mass is 349 g/mol. The normalized spacial score (nSPS) is 10.8. The van der Waals surface area contributed by atoms with Gasteiger partial charge in [-0.3, -0.25) is 9.59 Å². The Hall–Kier alpha value is -2.95. The molecule has 0 spiro atoms. The van der Waals surface area contributed by atoms with Gasteiger partial charge < -0.3 is 4.90 Å². The molecule has 5 nitrogen and oxygen atoms in total. The van der Waals surface area contributed by atoms with Gasteiger partial charge >= 0.3 is 0 Å². The molecule has 0 bridgehead atoms. The number of anilines is 1. The topological polar surface area (TPSA) is 55.2 Å². The van der Waals surface area contributed by atoms with E-state index in [2.05, 4.69) is 12.0 Å².